The van der Waals surface area contributed by atoms with E-state index in [4.69, 9.17) is 39.5 Å². The van der Waals surface area contributed by atoms with Crippen molar-refractivity contribution >= 4 is 47.0 Å². The van der Waals surface area contributed by atoms with E-state index < -0.39 is 15.9 Å². The number of carbonyl (C=O) groups excluding carboxylic acids is 2. The Kier molecular flexibility index (Phi) is 6.10. The van der Waals surface area contributed by atoms with Gasteiger partial charge in [0, 0.05) is 11.1 Å². The summed E-state index contributed by atoms with van der Waals surface area (Å²) in [5, 5.41) is 2.55. The number of carbonyl (C=O) groups is 2. The molecule has 0 fully saturated rings. The Bertz CT molecular complexity index is 727. The minimum absolute atomic E-state index is 0.349. The molecule has 1 N–H and O–H groups in total. The van der Waals surface area contributed by atoms with E-state index in [0.29, 0.717) is 23.2 Å². The molecule has 0 spiro atoms. The van der Waals surface area contributed by atoms with Crippen LogP contribution in [0.2, 0.25) is 0 Å². The fourth-order valence-electron chi connectivity index (χ4n) is 1.93. The van der Waals surface area contributed by atoms with Gasteiger partial charge in [0.25, 0.3) is 5.91 Å². The number of alkyl halides is 3. The molecular weight excluding hydrogens is 373 g/mol. The van der Waals surface area contributed by atoms with E-state index in [1.807, 2.05) is 13.0 Å². The van der Waals surface area contributed by atoms with Crippen LogP contribution in [-0.4, -0.2) is 22.2 Å². The average Bonchev–Trinajstić information content (AvgIpc) is 2.54. The number of benzene rings is 2. The molecule has 0 aliphatic heterocycles. The monoisotopic (exact) mass is 385 g/mol. The number of ether oxygens (including phenoxy) is 1. The molecule has 0 unspecified atom stereocenters. The molecule has 2 aromatic rings. The van der Waals surface area contributed by atoms with Crippen molar-refractivity contribution in [3.63, 3.8) is 0 Å². The van der Waals surface area contributed by atoms with Gasteiger partial charge in [0.1, 0.15) is 12.0 Å². The van der Waals surface area contributed by atoms with Crippen molar-refractivity contribution in [3.8, 4) is 5.75 Å². The van der Waals surface area contributed by atoms with Crippen LogP contribution in [0.4, 0.5) is 0 Å². The molecule has 2 rings (SSSR count). The third kappa shape index (κ3) is 5.13. The molecule has 0 radical (unpaired) electrons. The largest absolute Gasteiger partial charge is 0.466 e. The topological polar surface area (TPSA) is 55.4 Å². The summed E-state index contributed by atoms with van der Waals surface area (Å²) in [5.74, 6) is -0.0824. The molecule has 0 aliphatic carbocycles. The van der Waals surface area contributed by atoms with Gasteiger partial charge in [0.2, 0.25) is 10.0 Å². The lowest BCUT2D eigenvalue weighted by Crippen LogP contribution is -2.47. The van der Waals surface area contributed by atoms with Gasteiger partial charge in [-0.1, -0.05) is 52.5 Å². The van der Waals surface area contributed by atoms with Crippen molar-refractivity contribution < 1.29 is 14.3 Å². The van der Waals surface area contributed by atoms with Gasteiger partial charge in [-0.25, -0.2) is 0 Å². The highest BCUT2D eigenvalue weighted by Crippen LogP contribution is 2.32. The lowest BCUT2D eigenvalue weighted by molar-refractivity contribution is 0.0833. The minimum atomic E-state index is -1.89. The van der Waals surface area contributed by atoms with Crippen LogP contribution in [0.5, 0.6) is 5.75 Å². The van der Waals surface area contributed by atoms with Gasteiger partial charge in [-0.2, -0.15) is 0 Å². The number of aldehydes is 1. The van der Waals surface area contributed by atoms with Crippen molar-refractivity contribution in [3.05, 3.63) is 65.2 Å². The zero-order chi connectivity index (χ0) is 17.7. The molecule has 0 saturated heterocycles. The van der Waals surface area contributed by atoms with Crippen molar-refractivity contribution in [2.24, 2.45) is 0 Å². The molecular formula is C17H14Cl3NO3. The summed E-state index contributed by atoms with van der Waals surface area (Å²) in [7, 11) is 0. The maximum atomic E-state index is 12.3. The number of aryl methyl sites for hydroxylation is 1. The molecule has 1 atom stereocenters. The molecule has 24 heavy (non-hydrogen) atoms. The predicted molar refractivity (Wildman–Crippen MR) is 95.2 cm³/mol. The van der Waals surface area contributed by atoms with Gasteiger partial charge in [-0.05, 0) is 43.3 Å². The summed E-state index contributed by atoms with van der Waals surface area (Å²) in [5.41, 5.74) is 1.84. The van der Waals surface area contributed by atoms with Gasteiger partial charge in [-0.3, -0.25) is 9.59 Å². The summed E-state index contributed by atoms with van der Waals surface area (Å²) >= 11 is 17.7. The maximum absolute atomic E-state index is 12.3. The molecule has 126 valence electrons. The van der Waals surface area contributed by atoms with Crippen molar-refractivity contribution in [2.75, 3.05) is 0 Å². The van der Waals surface area contributed by atoms with E-state index in [2.05, 4.69) is 5.32 Å². The van der Waals surface area contributed by atoms with Crippen molar-refractivity contribution in [1.82, 2.24) is 5.32 Å². The molecule has 2 aromatic carbocycles. The van der Waals surface area contributed by atoms with E-state index in [0.717, 1.165) is 5.56 Å². The summed E-state index contributed by atoms with van der Waals surface area (Å²) in [6.07, 6.45) is -0.506. The fourth-order valence-corrected chi connectivity index (χ4v) is 2.23. The number of halogens is 3. The number of rotatable bonds is 5. The first-order chi connectivity index (χ1) is 11.3. The number of nitrogens with one attached hydrogen (secondary N) is 1. The van der Waals surface area contributed by atoms with Gasteiger partial charge in [0.05, 0.1) is 0 Å². The van der Waals surface area contributed by atoms with Crippen LogP contribution in [-0.2, 0) is 0 Å². The van der Waals surface area contributed by atoms with Gasteiger partial charge in [0.15, 0.2) is 0 Å². The first-order valence-corrected chi connectivity index (χ1v) is 8.09. The molecule has 4 nitrogen and oxygen atoms in total. The third-order valence-corrected chi connectivity index (χ3v) is 3.70. The summed E-state index contributed by atoms with van der Waals surface area (Å²) < 4.78 is 3.67. The van der Waals surface area contributed by atoms with Crippen LogP contribution in [0.3, 0.4) is 0 Å². The Hall–Kier alpha value is -1.75. The molecule has 0 aliphatic rings. The van der Waals surface area contributed by atoms with Crippen LogP contribution in [0.1, 0.15) is 26.3 Å². The van der Waals surface area contributed by atoms with Gasteiger partial charge < -0.3 is 10.1 Å². The quantitative estimate of drug-likeness (QED) is 0.473. The van der Waals surface area contributed by atoms with Crippen LogP contribution < -0.4 is 10.1 Å². The Morgan fingerprint density at radius 2 is 1.83 bits per heavy atom. The second kappa shape index (κ2) is 7.88. The highest BCUT2D eigenvalue weighted by molar-refractivity contribution is 6.68. The number of hydrogen-bond acceptors (Lipinski definition) is 3. The van der Waals surface area contributed by atoms with E-state index in [-0.39, 0.29) is 0 Å². The summed E-state index contributed by atoms with van der Waals surface area (Å²) in [4.78, 5) is 23.0. The van der Waals surface area contributed by atoms with Gasteiger partial charge in [-0.15, -0.1) is 0 Å². The highest BCUT2D eigenvalue weighted by Gasteiger charge is 2.36. The van der Waals surface area contributed by atoms with E-state index in [1.165, 1.54) is 0 Å². The minimum Gasteiger partial charge on any atom is -0.466 e. The Labute approximate surface area is 154 Å². The second-order valence-electron chi connectivity index (χ2n) is 5.07. The maximum Gasteiger partial charge on any atom is 0.254 e. The van der Waals surface area contributed by atoms with Crippen LogP contribution in [0.25, 0.3) is 0 Å². The molecule has 0 aromatic heterocycles. The second-order valence-corrected chi connectivity index (χ2v) is 7.44. The molecule has 1 amide bonds. The summed E-state index contributed by atoms with van der Waals surface area (Å²) in [6, 6.07) is 13.2. The smallest absolute Gasteiger partial charge is 0.254 e. The third-order valence-electron chi connectivity index (χ3n) is 3.11. The van der Waals surface area contributed by atoms with Gasteiger partial charge >= 0.3 is 0 Å². The molecule has 0 bridgehead atoms. The summed E-state index contributed by atoms with van der Waals surface area (Å²) in [6.45, 7) is 1.87. The van der Waals surface area contributed by atoms with E-state index >= 15 is 0 Å². The van der Waals surface area contributed by atoms with E-state index in [9.17, 15) is 9.59 Å². The molecule has 7 heteroatoms. The average molecular weight is 387 g/mol. The standard InChI is InChI=1S/C17H14Cl3NO3/c1-11-3-2-4-13(9-11)15(23)21-16(17(18,19)20)24-14-7-5-12(10-22)6-8-14/h2-10,16H,1H3,(H,21,23)/t16-/m0/s1. The first-order valence-electron chi connectivity index (χ1n) is 6.96. The zero-order valence-corrected chi connectivity index (χ0v) is 14.9. The Morgan fingerprint density at radius 1 is 1.17 bits per heavy atom. The normalized spacial score (nSPS) is 12.3. The highest BCUT2D eigenvalue weighted by atomic mass is 35.6. The van der Waals surface area contributed by atoms with Crippen LogP contribution in [0, 0.1) is 6.92 Å². The predicted octanol–water partition coefficient (Wildman–Crippen LogP) is 4.31. The van der Waals surface area contributed by atoms with Crippen LogP contribution in [0.15, 0.2) is 48.5 Å². The number of hydrogen-bond donors (Lipinski definition) is 1. The van der Waals surface area contributed by atoms with Crippen molar-refractivity contribution in [2.45, 2.75) is 16.9 Å². The zero-order valence-electron chi connectivity index (χ0n) is 12.6. The molecule has 0 saturated carbocycles. The number of amides is 1. The fraction of sp³-hybridized carbons (Fsp3) is 0.176. The Balaban J connectivity index is 2.16. The van der Waals surface area contributed by atoms with Crippen LogP contribution >= 0.6 is 34.8 Å². The lowest BCUT2D eigenvalue weighted by Gasteiger charge is -2.26. The van der Waals surface area contributed by atoms with Crippen molar-refractivity contribution in [1.29, 1.82) is 0 Å². The van der Waals surface area contributed by atoms with E-state index in [1.54, 1.807) is 42.5 Å². The Morgan fingerprint density at radius 3 is 2.38 bits per heavy atom. The first kappa shape index (κ1) is 18.6. The molecule has 0 heterocycles. The lowest BCUT2D eigenvalue weighted by atomic mass is 10.1. The SMILES string of the molecule is Cc1cccc(C(=O)N[C@@H](Oc2ccc(C=O)cc2)C(Cl)(Cl)Cl)c1.